The predicted octanol–water partition coefficient (Wildman–Crippen LogP) is 3.11. The number of amides is 2. The topological polar surface area (TPSA) is 88.6 Å². The van der Waals surface area contributed by atoms with Crippen molar-refractivity contribution in [2.75, 3.05) is 37.5 Å². The van der Waals surface area contributed by atoms with Crippen LogP contribution in [0.2, 0.25) is 0 Å². The van der Waals surface area contributed by atoms with E-state index < -0.39 is 0 Å². The zero-order chi connectivity index (χ0) is 19.9. The van der Waals surface area contributed by atoms with E-state index in [9.17, 15) is 4.79 Å². The van der Waals surface area contributed by atoms with Crippen molar-refractivity contribution in [2.45, 2.75) is 32.7 Å². The number of piperidine rings is 1. The number of aryl methyl sites for hydroxylation is 1. The van der Waals surface area contributed by atoms with Gasteiger partial charge in [0.05, 0.1) is 26.5 Å². The number of carbonyl (C=O) groups excluding carboxylic acids is 1. The molecule has 0 aliphatic carbocycles. The third kappa shape index (κ3) is 4.82. The van der Waals surface area contributed by atoms with Crippen molar-refractivity contribution in [1.82, 2.24) is 15.3 Å². The molecular formula is C20H27N5O3. The van der Waals surface area contributed by atoms with Gasteiger partial charge in [-0.15, -0.1) is 0 Å². The first-order valence-electron chi connectivity index (χ1n) is 9.46. The number of methoxy groups -OCH3 is 2. The summed E-state index contributed by atoms with van der Waals surface area (Å²) in [5, 5.41) is 5.58. The lowest BCUT2D eigenvalue weighted by atomic mass is 10.1. The summed E-state index contributed by atoms with van der Waals surface area (Å²) in [6.07, 6.45) is 3.63. The summed E-state index contributed by atoms with van der Waals surface area (Å²) >= 11 is 0. The van der Waals surface area contributed by atoms with Crippen molar-refractivity contribution in [2.24, 2.45) is 0 Å². The van der Waals surface area contributed by atoms with E-state index in [0.717, 1.165) is 24.6 Å². The second-order valence-electron chi connectivity index (χ2n) is 6.68. The fourth-order valence-corrected chi connectivity index (χ4v) is 3.29. The van der Waals surface area contributed by atoms with E-state index in [1.165, 1.54) is 26.4 Å². The molecule has 1 aliphatic heterocycles. The number of benzene rings is 1. The van der Waals surface area contributed by atoms with Crippen molar-refractivity contribution in [1.29, 1.82) is 0 Å². The lowest BCUT2D eigenvalue weighted by Crippen LogP contribution is -2.32. The SMILES string of the molecule is COc1cccc(NC(=O)NCc2nc(C)cc(N3CCCCC3)n2)c1OC. The van der Waals surface area contributed by atoms with Crippen LogP contribution in [0.25, 0.3) is 0 Å². The van der Waals surface area contributed by atoms with Gasteiger partial charge in [0.25, 0.3) is 0 Å². The monoisotopic (exact) mass is 385 g/mol. The Hall–Kier alpha value is -3.03. The molecule has 2 amide bonds. The smallest absolute Gasteiger partial charge is 0.319 e. The Bertz CT molecular complexity index is 821. The molecule has 2 aromatic rings. The number of hydrogen-bond donors (Lipinski definition) is 2. The molecule has 28 heavy (non-hydrogen) atoms. The van der Waals surface area contributed by atoms with Crippen molar-refractivity contribution in [3.8, 4) is 11.5 Å². The number of nitrogens with one attached hydrogen (secondary N) is 2. The first-order chi connectivity index (χ1) is 13.6. The van der Waals surface area contributed by atoms with Crippen LogP contribution in [-0.2, 0) is 6.54 Å². The zero-order valence-electron chi connectivity index (χ0n) is 16.6. The van der Waals surface area contributed by atoms with Gasteiger partial charge in [-0.3, -0.25) is 0 Å². The fourth-order valence-electron chi connectivity index (χ4n) is 3.29. The number of rotatable bonds is 6. The van der Waals surface area contributed by atoms with Gasteiger partial charge >= 0.3 is 6.03 Å². The molecule has 8 nitrogen and oxygen atoms in total. The molecule has 1 aromatic heterocycles. The summed E-state index contributed by atoms with van der Waals surface area (Å²) in [6, 6.07) is 6.93. The highest BCUT2D eigenvalue weighted by Gasteiger charge is 2.15. The van der Waals surface area contributed by atoms with Gasteiger partial charge in [-0.05, 0) is 38.3 Å². The molecule has 0 unspecified atom stereocenters. The molecule has 3 rings (SSSR count). The van der Waals surface area contributed by atoms with Gasteiger partial charge in [-0.1, -0.05) is 6.07 Å². The first-order valence-corrected chi connectivity index (χ1v) is 9.46. The number of urea groups is 1. The highest BCUT2D eigenvalue weighted by Crippen LogP contribution is 2.34. The van der Waals surface area contributed by atoms with Gasteiger partial charge in [0, 0.05) is 24.8 Å². The number of anilines is 2. The van der Waals surface area contributed by atoms with Gasteiger partial charge in [0.15, 0.2) is 11.5 Å². The minimum Gasteiger partial charge on any atom is -0.493 e. The molecule has 1 saturated heterocycles. The van der Waals surface area contributed by atoms with Gasteiger partial charge in [-0.25, -0.2) is 14.8 Å². The summed E-state index contributed by atoms with van der Waals surface area (Å²) in [5.41, 5.74) is 1.42. The molecule has 2 heterocycles. The summed E-state index contributed by atoms with van der Waals surface area (Å²) in [4.78, 5) is 23.7. The van der Waals surface area contributed by atoms with E-state index in [1.807, 2.05) is 13.0 Å². The van der Waals surface area contributed by atoms with Crippen molar-refractivity contribution >= 4 is 17.5 Å². The van der Waals surface area contributed by atoms with Crippen LogP contribution in [0, 0.1) is 6.92 Å². The molecule has 1 fully saturated rings. The van der Waals surface area contributed by atoms with Crippen LogP contribution >= 0.6 is 0 Å². The van der Waals surface area contributed by atoms with Gasteiger partial charge in [-0.2, -0.15) is 0 Å². The van der Waals surface area contributed by atoms with E-state index in [2.05, 4.69) is 25.5 Å². The van der Waals surface area contributed by atoms with E-state index in [1.54, 1.807) is 25.3 Å². The molecule has 1 aliphatic rings. The minimum atomic E-state index is -0.365. The lowest BCUT2D eigenvalue weighted by Gasteiger charge is -2.28. The van der Waals surface area contributed by atoms with E-state index >= 15 is 0 Å². The van der Waals surface area contributed by atoms with Crippen LogP contribution in [0.1, 0.15) is 30.8 Å². The number of carbonyl (C=O) groups is 1. The summed E-state index contributed by atoms with van der Waals surface area (Å²) < 4.78 is 10.6. The molecule has 1 aromatic carbocycles. The Balaban J connectivity index is 1.64. The number of hydrogen-bond acceptors (Lipinski definition) is 6. The molecule has 0 radical (unpaired) electrons. The van der Waals surface area contributed by atoms with Crippen molar-refractivity contribution in [3.63, 3.8) is 0 Å². The second-order valence-corrected chi connectivity index (χ2v) is 6.68. The van der Waals surface area contributed by atoms with Gasteiger partial charge in [0.1, 0.15) is 11.6 Å². The van der Waals surface area contributed by atoms with Crippen LogP contribution in [0.3, 0.4) is 0 Å². The maximum absolute atomic E-state index is 12.3. The van der Waals surface area contributed by atoms with Crippen molar-refractivity contribution < 1.29 is 14.3 Å². The third-order valence-electron chi connectivity index (χ3n) is 4.63. The van der Waals surface area contributed by atoms with E-state index in [-0.39, 0.29) is 12.6 Å². The number of aromatic nitrogens is 2. The average molecular weight is 385 g/mol. The van der Waals surface area contributed by atoms with Gasteiger partial charge in [0.2, 0.25) is 0 Å². The normalized spacial score (nSPS) is 13.8. The summed E-state index contributed by atoms with van der Waals surface area (Å²) in [7, 11) is 3.08. The number of para-hydroxylation sites is 1. The molecule has 0 atom stereocenters. The standard InChI is InChI=1S/C20H27N5O3/c1-14-12-18(25-10-5-4-6-11-25)24-17(22-14)13-21-20(26)23-15-8-7-9-16(27-2)19(15)28-3/h7-9,12H,4-6,10-11,13H2,1-3H3,(H2,21,23,26). The van der Waals surface area contributed by atoms with Crippen LogP contribution in [-0.4, -0.2) is 43.3 Å². The van der Waals surface area contributed by atoms with Gasteiger partial charge < -0.3 is 25.0 Å². The van der Waals surface area contributed by atoms with Crippen LogP contribution in [0.15, 0.2) is 24.3 Å². The Morgan fingerprint density at radius 3 is 2.64 bits per heavy atom. The van der Waals surface area contributed by atoms with Crippen LogP contribution < -0.4 is 25.0 Å². The van der Waals surface area contributed by atoms with Crippen LogP contribution in [0.4, 0.5) is 16.3 Å². The molecule has 0 bridgehead atoms. The maximum atomic E-state index is 12.3. The molecule has 8 heteroatoms. The molecule has 2 N–H and O–H groups in total. The molecular weight excluding hydrogens is 358 g/mol. The summed E-state index contributed by atoms with van der Waals surface area (Å²) in [6.45, 7) is 4.21. The van der Waals surface area contributed by atoms with Crippen molar-refractivity contribution in [3.05, 3.63) is 35.8 Å². The second kappa shape index (κ2) is 9.25. The quantitative estimate of drug-likeness (QED) is 0.794. The fraction of sp³-hybridized carbons (Fsp3) is 0.450. The third-order valence-corrected chi connectivity index (χ3v) is 4.63. The number of nitrogens with zero attached hydrogens (tertiary/aromatic N) is 3. The zero-order valence-corrected chi connectivity index (χ0v) is 16.6. The average Bonchev–Trinajstić information content (AvgIpc) is 2.72. The van der Waals surface area contributed by atoms with Crippen LogP contribution in [0.5, 0.6) is 11.5 Å². The summed E-state index contributed by atoms with van der Waals surface area (Å²) in [5.74, 6) is 2.54. The Morgan fingerprint density at radius 2 is 1.93 bits per heavy atom. The highest BCUT2D eigenvalue weighted by atomic mass is 16.5. The van der Waals surface area contributed by atoms with E-state index in [4.69, 9.17) is 9.47 Å². The Kier molecular flexibility index (Phi) is 6.52. The largest absolute Gasteiger partial charge is 0.493 e. The maximum Gasteiger partial charge on any atom is 0.319 e. The molecule has 0 saturated carbocycles. The predicted molar refractivity (Wildman–Crippen MR) is 108 cm³/mol. The Morgan fingerprint density at radius 1 is 1.14 bits per heavy atom. The number of ether oxygens (including phenoxy) is 2. The molecule has 150 valence electrons. The highest BCUT2D eigenvalue weighted by molar-refractivity contribution is 5.91. The lowest BCUT2D eigenvalue weighted by molar-refractivity contribution is 0.251. The van der Waals surface area contributed by atoms with E-state index in [0.29, 0.717) is 23.0 Å². The Labute approximate surface area is 165 Å². The first kappa shape index (κ1) is 19.7. The molecule has 0 spiro atoms. The minimum absolute atomic E-state index is 0.237.